The number of carbonyl (C=O) groups is 1. The number of halogens is 1. The van der Waals surface area contributed by atoms with E-state index in [9.17, 15) is 9.18 Å². The molecular weight excluding hydrogens is 309 g/mol. The van der Waals surface area contributed by atoms with Gasteiger partial charge >= 0.3 is 5.97 Å². The number of carbonyl (C=O) groups excluding carboxylic acids is 1. The van der Waals surface area contributed by atoms with Crippen molar-refractivity contribution in [3.8, 4) is 0 Å². The number of esters is 1. The molecule has 0 amide bonds. The van der Waals surface area contributed by atoms with Crippen LogP contribution in [0.4, 0.5) is 4.39 Å². The topological polar surface area (TPSA) is 52.1 Å². The minimum Gasteiger partial charge on any atom is -0.430 e. The lowest BCUT2D eigenvalue weighted by molar-refractivity contribution is -0.672. The highest BCUT2D eigenvalue weighted by Gasteiger charge is 2.60. The van der Waals surface area contributed by atoms with Crippen molar-refractivity contribution in [1.29, 1.82) is 0 Å². The van der Waals surface area contributed by atoms with Crippen LogP contribution in [0.25, 0.3) is 0 Å². The Morgan fingerprint density at radius 3 is 2.21 bits per heavy atom. The van der Waals surface area contributed by atoms with Gasteiger partial charge in [0.15, 0.2) is 0 Å². The average molecular weight is 328 g/mol. The Labute approximate surface area is 139 Å². The molecule has 0 radical (unpaired) electrons. The second-order valence-corrected chi connectivity index (χ2v) is 6.32. The molecule has 2 aliphatic heterocycles. The summed E-state index contributed by atoms with van der Waals surface area (Å²) in [5.41, 5.74) is -0.0497. The molecular formula is C19H19FNO3+. The normalized spacial score (nSPS) is 25.6. The summed E-state index contributed by atoms with van der Waals surface area (Å²) >= 11 is 0. The lowest BCUT2D eigenvalue weighted by Gasteiger charge is -2.32. The summed E-state index contributed by atoms with van der Waals surface area (Å²) in [6.07, 6.45) is 1.29. The van der Waals surface area contributed by atoms with Gasteiger partial charge in [-0.2, -0.15) is 0 Å². The Bertz CT molecular complexity index is 741. The Morgan fingerprint density at radius 2 is 1.54 bits per heavy atom. The SMILES string of the molecule is O=C1OC2(CC[NH2+]CC2)OC1(c1ccccc1)c1ccc(F)cc1. The predicted molar refractivity (Wildman–Crippen MR) is 84.4 cm³/mol. The summed E-state index contributed by atoms with van der Waals surface area (Å²) in [4.78, 5) is 13.0. The molecule has 5 heteroatoms. The molecule has 0 aliphatic carbocycles. The number of quaternary nitrogens is 1. The molecule has 4 rings (SSSR count). The van der Waals surface area contributed by atoms with E-state index in [2.05, 4.69) is 5.32 Å². The Morgan fingerprint density at radius 1 is 0.917 bits per heavy atom. The van der Waals surface area contributed by atoms with Crippen molar-refractivity contribution in [2.24, 2.45) is 0 Å². The molecule has 0 aromatic heterocycles. The van der Waals surface area contributed by atoms with E-state index in [4.69, 9.17) is 9.47 Å². The Kier molecular flexibility index (Phi) is 3.62. The number of hydrogen-bond acceptors (Lipinski definition) is 3. The van der Waals surface area contributed by atoms with Crippen LogP contribution in [0.2, 0.25) is 0 Å². The van der Waals surface area contributed by atoms with Crippen LogP contribution < -0.4 is 5.32 Å². The van der Waals surface area contributed by atoms with Crippen LogP contribution in [-0.2, 0) is 19.9 Å². The molecule has 2 heterocycles. The predicted octanol–water partition coefficient (Wildman–Crippen LogP) is 1.70. The third-order valence-electron chi connectivity index (χ3n) is 4.80. The lowest BCUT2D eigenvalue weighted by atomic mass is 9.86. The number of piperidine rings is 1. The highest BCUT2D eigenvalue weighted by atomic mass is 19.1. The fourth-order valence-corrected chi connectivity index (χ4v) is 3.58. The molecule has 0 saturated carbocycles. The van der Waals surface area contributed by atoms with Gasteiger partial charge in [-0.05, 0) is 23.3 Å². The van der Waals surface area contributed by atoms with Crippen LogP contribution in [0.15, 0.2) is 54.6 Å². The summed E-state index contributed by atoms with van der Waals surface area (Å²) < 4.78 is 25.5. The maximum atomic E-state index is 13.4. The van der Waals surface area contributed by atoms with E-state index >= 15 is 0 Å². The van der Waals surface area contributed by atoms with Crippen molar-refractivity contribution in [2.75, 3.05) is 13.1 Å². The van der Waals surface area contributed by atoms with Gasteiger partial charge in [0.1, 0.15) is 5.82 Å². The zero-order chi connectivity index (χ0) is 16.6. The second kappa shape index (κ2) is 5.69. The fraction of sp³-hybridized carbons (Fsp3) is 0.316. The maximum absolute atomic E-state index is 13.4. The zero-order valence-electron chi connectivity index (χ0n) is 13.2. The first-order valence-electron chi connectivity index (χ1n) is 8.22. The van der Waals surface area contributed by atoms with Crippen LogP contribution in [0.3, 0.4) is 0 Å². The quantitative estimate of drug-likeness (QED) is 0.854. The van der Waals surface area contributed by atoms with Gasteiger partial charge in [-0.25, -0.2) is 9.18 Å². The van der Waals surface area contributed by atoms with Crippen LogP contribution in [-0.4, -0.2) is 24.8 Å². The summed E-state index contributed by atoms with van der Waals surface area (Å²) in [5.74, 6) is -1.67. The zero-order valence-corrected chi connectivity index (χ0v) is 13.2. The summed E-state index contributed by atoms with van der Waals surface area (Å²) in [7, 11) is 0. The first kappa shape index (κ1) is 15.3. The van der Waals surface area contributed by atoms with E-state index in [0.29, 0.717) is 24.0 Å². The maximum Gasteiger partial charge on any atom is 0.350 e. The van der Waals surface area contributed by atoms with Crippen molar-refractivity contribution in [2.45, 2.75) is 24.2 Å². The van der Waals surface area contributed by atoms with E-state index in [-0.39, 0.29) is 5.82 Å². The second-order valence-electron chi connectivity index (χ2n) is 6.32. The molecule has 2 aliphatic rings. The average Bonchev–Trinajstić information content (AvgIpc) is 2.90. The Balaban J connectivity index is 1.85. The van der Waals surface area contributed by atoms with E-state index in [1.807, 2.05) is 30.3 Å². The van der Waals surface area contributed by atoms with Gasteiger partial charge < -0.3 is 14.8 Å². The third-order valence-corrected chi connectivity index (χ3v) is 4.80. The standard InChI is InChI=1S/C19H18FNO3/c20-16-8-6-15(7-9-16)19(14-4-2-1-3-5-14)17(22)23-18(24-19)10-12-21-13-11-18/h1-9,21H,10-13H2/p+1. The molecule has 2 saturated heterocycles. The number of benzene rings is 2. The van der Waals surface area contributed by atoms with Gasteiger partial charge in [0.25, 0.3) is 0 Å². The molecule has 4 nitrogen and oxygen atoms in total. The van der Waals surface area contributed by atoms with Crippen molar-refractivity contribution in [3.05, 3.63) is 71.5 Å². The number of ether oxygens (including phenoxy) is 2. The van der Waals surface area contributed by atoms with Gasteiger partial charge in [-0.3, -0.25) is 0 Å². The monoisotopic (exact) mass is 328 g/mol. The summed E-state index contributed by atoms with van der Waals surface area (Å²) in [6, 6.07) is 15.2. The van der Waals surface area contributed by atoms with Crippen molar-refractivity contribution in [3.63, 3.8) is 0 Å². The summed E-state index contributed by atoms with van der Waals surface area (Å²) in [6.45, 7) is 1.70. The Hall–Kier alpha value is -2.24. The molecule has 1 unspecified atom stereocenters. The number of rotatable bonds is 2. The number of hydrogen-bond donors (Lipinski definition) is 1. The molecule has 2 N–H and O–H groups in total. The highest BCUT2D eigenvalue weighted by molar-refractivity contribution is 5.87. The van der Waals surface area contributed by atoms with E-state index < -0.39 is 17.4 Å². The first-order valence-corrected chi connectivity index (χ1v) is 8.22. The third kappa shape index (κ3) is 2.32. The molecule has 2 aromatic carbocycles. The highest BCUT2D eigenvalue weighted by Crippen LogP contribution is 2.47. The molecule has 124 valence electrons. The van der Waals surface area contributed by atoms with E-state index in [1.54, 1.807) is 12.1 Å². The first-order chi connectivity index (χ1) is 11.6. The molecule has 2 aromatic rings. The van der Waals surface area contributed by atoms with Gasteiger partial charge in [-0.15, -0.1) is 0 Å². The molecule has 1 spiro atoms. The lowest BCUT2D eigenvalue weighted by Crippen LogP contribution is -2.88. The van der Waals surface area contributed by atoms with Crippen LogP contribution in [0.1, 0.15) is 24.0 Å². The largest absolute Gasteiger partial charge is 0.430 e. The fourth-order valence-electron chi connectivity index (χ4n) is 3.58. The van der Waals surface area contributed by atoms with Crippen LogP contribution in [0.5, 0.6) is 0 Å². The van der Waals surface area contributed by atoms with Gasteiger partial charge in [0.05, 0.1) is 25.9 Å². The molecule has 2 fully saturated rings. The van der Waals surface area contributed by atoms with Crippen LogP contribution in [0, 0.1) is 5.82 Å². The minimum absolute atomic E-state index is 0.352. The van der Waals surface area contributed by atoms with E-state index in [0.717, 1.165) is 13.1 Å². The van der Waals surface area contributed by atoms with Crippen molar-refractivity contribution < 1.29 is 24.0 Å². The number of nitrogens with two attached hydrogens (primary N) is 1. The molecule has 1 atom stereocenters. The minimum atomic E-state index is -1.34. The van der Waals surface area contributed by atoms with Crippen molar-refractivity contribution in [1.82, 2.24) is 0 Å². The molecule has 0 bridgehead atoms. The molecule has 24 heavy (non-hydrogen) atoms. The van der Waals surface area contributed by atoms with Gasteiger partial charge in [0, 0.05) is 0 Å². The summed E-state index contributed by atoms with van der Waals surface area (Å²) in [5, 5.41) is 2.18. The van der Waals surface area contributed by atoms with E-state index in [1.165, 1.54) is 12.1 Å². The van der Waals surface area contributed by atoms with Crippen LogP contribution >= 0.6 is 0 Å². The van der Waals surface area contributed by atoms with Crippen molar-refractivity contribution >= 4 is 5.97 Å². The van der Waals surface area contributed by atoms with Gasteiger partial charge in [-0.1, -0.05) is 42.5 Å². The van der Waals surface area contributed by atoms with Gasteiger partial charge in [0.2, 0.25) is 11.4 Å². The smallest absolute Gasteiger partial charge is 0.350 e.